The van der Waals surface area contributed by atoms with E-state index in [4.69, 9.17) is 4.74 Å². The molecule has 7 nitrogen and oxygen atoms in total. The summed E-state index contributed by atoms with van der Waals surface area (Å²) in [6, 6.07) is 5.59. The Morgan fingerprint density at radius 2 is 2.14 bits per heavy atom. The normalized spacial score (nSPS) is 13.6. The van der Waals surface area contributed by atoms with Crippen molar-refractivity contribution in [2.24, 2.45) is 0 Å². The van der Waals surface area contributed by atoms with E-state index in [1.807, 2.05) is 0 Å². The van der Waals surface area contributed by atoms with E-state index in [0.29, 0.717) is 17.2 Å². The van der Waals surface area contributed by atoms with Gasteiger partial charge in [-0.25, -0.2) is 4.39 Å². The van der Waals surface area contributed by atoms with Gasteiger partial charge in [-0.2, -0.15) is 0 Å². The molecule has 3 rings (SSSR count). The fourth-order valence-corrected chi connectivity index (χ4v) is 3.60. The summed E-state index contributed by atoms with van der Waals surface area (Å²) in [6.45, 7) is 0.615. The Morgan fingerprint density at radius 3 is 2.93 bits per heavy atom. The van der Waals surface area contributed by atoms with E-state index in [1.54, 1.807) is 6.07 Å². The van der Waals surface area contributed by atoms with Crippen molar-refractivity contribution < 1.29 is 18.7 Å². The number of aromatic nitrogens is 2. The number of benzene rings is 1. The summed E-state index contributed by atoms with van der Waals surface area (Å²) in [5.41, 5.74) is 1.75. The number of carbonyl (C=O) groups excluding carboxylic acids is 2. The number of allylic oxidation sites excluding steroid dienone is 1. The predicted molar refractivity (Wildman–Crippen MR) is 108 cm³/mol. The Hall–Kier alpha value is -2.65. The van der Waals surface area contributed by atoms with Crippen LogP contribution in [0.5, 0.6) is 0 Å². The second-order valence-electron chi connectivity index (χ2n) is 6.67. The zero-order valence-electron chi connectivity index (χ0n) is 15.9. The molecule has 0 saturated heterocycles. The maximum Gasteiger partial charge on any atom is 0.286 e. The van der Waals surface area contributed by atoms with Crippen molar-refractivity contribution in [2.45, 2.75) is 38.7 Å². The van der Waals surface area contributed by atoms with Crippen molar-refractivity contribution in [2.75, 3.05) is 18.5 Å². The average molecular weight is 418 g/mol. The van der Waals surface area contributed by atoms with Crippen LogP contribution in [0.4, 0.5) is 10.1 Å². The Labute approximate surface area is 172 Å². The Morgan fingerprint density at radius 1 is 1.24 bits per heavy atom. The SMILES string of the molecule is O=C(COCc1nnc(C(=O)Nc2cccc(F)c2)s1)NCCC1=CCCCC1. The maximum absolute atomic E-state index is 13.2. The molecule has 29 heavy (non-hydrogen) atoms. The molecule has 0 unspecified atom stereocenters. The van der Waals surface area contributed by atoms with E-state index in [0.717, 1.165) is 30.6 Å². The fourth-order valence-electron chi connectivity index (χ4n) is 2.93. The summed E-state index contributed by atoms with van der Waals surface area (Å²) >= 11 is 1.06. The van der Waals surface area contributed by atoms with Gasteiger partial charge in [0.1, 0.15) is 24.0 Å². The van der Waals surface area contributed by atoms with E-state index in [2.05, 4.69) is 26.9 Å². The summed E-state index contributed by atoms with van der Waals surface area (Å²) < 4.78 is 18.5. The lowest BCUT2D eigenvalue weighted by atomic mass is 9.97. The molecule has 0 saturated carbocycles. The molecule has 0 bridgehead atoms. The summed E-state index contributed by atoms with van der Waals surface area (Å²) in [4.78, 5) is 24.0. The predicted octanol–water partition coefficient (Wildman–Crippen LogP) is 3.45. The van der Waals surface area contributed by atoms with Crippen LogP contribution in [0.2, 0.25) is 0 Å². The molecule has 0 radical (unpaired) electrons. The second-order valence-corrected chi connectivity index (χ2v) is 7.73. The highest BCUT2D eigenvalue weighted by atomic mass is 32.1. The molecule has 2 amide bonds. The standard InChI is InChI=1S/C20H23FN4O3S/c21-15-7-4-8-16(11-15)23-19(27)20-25-24-18(29-20)13-28-12-17(26)22-10-9-14-5-2-1-3-6-14/h4-5,7-8,11H,1-3,6,9-10,12-13H2,(H,22,26)(H,23,27). The molecule has 1 heterocycles. The Kier molecular flexibility index (Phi) is 7.83. The van der Waals surface area contributed by atoms with Gasteiger partial charge in [-0.1, -0.05) is 29.1 Å². The molecule has 0 spiro atoms. The molecule has 1 aromatic heterocycles. The molecular weight excluding hydrogens is 395 g/mol. The minimum atomic E-state index is -0.478. The number of rotatable bonds is 9. The second kappa shape index (κ2) is 10.8. The molecule has 1 aromatic carbocycles. The van der Waals surface area contributed by atoms with E-state index in [-0.39, 0.29) is 24.1 Å². The quantitative estimate of drug-likeness (QED) is 0.609. The lowest BCUT2D eigenvalue weighted by Crippen LogP contribution is -2.28. The molecular formula is C20H23FN4O3S. The summed E-state index contributed by atoms with van der Waals surface area (Å²) in [7, 11) is 0. The van der Waals surface area contributed by atoms with E-state index < -0.39 is 11.7 Å². The molecule has 9 heteroatoms. The first kappa shape index (κ1) is 21.1. The number of anilines is 1. The van der Waals surface area contributed by atoms with Crippen molar-refractivity contribution in [1.29, 1.82) is 0 Å². The number of ether oxygens (including phenoxy) is 1. The van der Waals surface area contributed by atoms with Crippen LogP contribution in [0, 0.1) is 5.82 Å². The van der Waals surface area contributed by atoms with Gasteiger partial charge in [0.25, 0.3) is 5.91 Å². The van der Waals surface area contributed by atoms with Gasteiger partial charge in [-0.05, 0) is 50.3 Å². The van der Waals surface area contributed by atoms with Gasteiger partial charge in [0.15, 0.2) is 0 Å². The van der Waals surface area contributed by atoms with Gasteiger partial charge in [-0.15, -0.1) is 10.2 Å². The highest BCUT2D eigenvalue weighted by molar-refractivity contribution is 7.13. The molecule has 2 aromatic rings. The highest BCUT2D eigenvalue weighted by Gasteiger charge is 2.14. The molecule has 154 valence electrons. The summed E-state index contributed by atoms with van der Waals surface area (Å²) in [5, 5.41) is 13.7. The topological polar surface area (TPSA) is 93.2 Å². The first-order chi connectivity index (χ1) is 14.1. The van der Waals surface area contributed by atoms with Crippen LogP contribution in [0.15, 0.2) is 35.9 Å². The zero-order chi connectivity index (χ0) is 20.5. The molecule has 0 aliphatic heterocycles. The summed E-state index contributed by atoms with van der Waals surface area (Å²) in [5.74, 6) is -1.10. The molecule has 2 N–H and O–H groups in total. The number of hydrogen-bond donors (Lipinski definition) is 2. The molecule has 1 aliphatic rings. The minimum Gasteiger partial charge on any atom is -0.364 e. The Bertz CT molecular complexity index is 884. The Balaban J connectivity index is 1.36. The first-order valence-corrected chi connectivity index (χ1v) is 10.3. The van der Waals surface area contributed by atoms with Crippen LogP contribution in [0.1, 0.15) is 46.9 Å². The largest absolute Gasteiger partial charge is 0.364 e. The van der Waals surface area contributed by atoms with Crippen LogP contribution < -0.4 is 10.6 Å². The van der Waals surface area contributed by atoms with Crippen molar-refractivity contribution in [1.82, 2.24) is 15.5 Å². The minimum absolute atomic E-state index is 0.0799. The lowest BCUT2D eigenvalue weighted by Gasteiger charge is -2.12. The van der Waals surface area contributed by atoms with Crippen molar-refractivity contribution in [3.63, 3.8) is 0 Å². The lowest BCUT2D eigenvalue weighted by molar-refractivity contribution is -0.126. The summed E-state index contributed by atoms with van der Waals surface area (Å²) in [6.07, 6.45) is 7.89. The average Bonchev–Trinajstić information content (AvgIpc) is 3.18. The monoisotopic (exact) mass is 418 g/mol. The zero-order valence-corrected chi connectivity index (χ0v) is 16.8. The van der Waals surface area contributed by atoms with Crippen LogP contribution in [-0.2, 0) is 16.1 Å². The van der Waals surface area contributed by atoms with Gasteiger partial charge in [0.2, 0.25) is 10.9 Å². The van der Waals surface area contributed by atoms with Gasteiger partial charge in [0, 0.05) is 12.2 Å². The number of hydrogen-bond acceptors (Lipinski definition) is 6. The van der Waals surface area contributed by atoms with Crippen LogP contribution in [-0.4, -0.2) is 35.2 Å². The van der Waals surface area contributed by atoms with Crippen LogP contribution >= 0.6 is 11.3 Å². The van der Waals surface area contributed by atoms with Gasteiger partial charge in [-0.3, -0.25) is 9.59 Å². The maximum atomic E-state index is 13.2. The van der Waals surface area contributed by atoms with Gasteiger partial charge in [0.05, 0.1) is 0 Å². The smallest absolute Gasteiger partial charge is 0.286 e. The van der Waals surface area contributed by atoms with Crippen LogP contribution in [0.3, 0.4) is 0 Å². The van der Waals surface area contributed by atoms with E-state index >= 15 is 0 Å². The van der Waals surface area contributed by atoms with Gasteiger partial charge < -0.3 is 15.4 Å². The van der Waals surface area contributed by atoms with Crippen molar-refractivity contribution in [3.05, 3.63) is 51.7 Å². The third kappa shape index (κ3) is 7.03. The van der Waals surface area contributed by atoms with E-state index in [1.165, 1.54) is 36.6 Å². The number of carbonyl (C=O) groups is 2. The van der Waals surface area contributed by atoms with Gasteiger partial charge >= 0.3 is 0 Å². The van der Waals surface area contributed by atoms with Crippen molar-refractivity contribution >= 4 is 28.8 Å². The number of nitrogens with one attached hydrogen (secondary N) is 2. The highest BCUT2D eigenvalue weighted by Crippen LogP contribution is 2.19. The number of halogens is 1. The van der Waals surface area contributed by atoms with Crippen LogP contribution in [0.25, 0.3) is 0 Å². The number of amides is 2. The third-order valence-corrected chi connectivity index (χ3v) is 5.25. The van der Waals surface area contributed by atoms with E-state index in [9.17, 15) is 14.0 Å². The third-order valence-electron chi connectivity index (χ3n) is 4.36. The molecule has 0 fully saturated rings. The fraction of sp³-hybridized carbons (Fsp3) is 0.400. The molecule has 1 aliphatic carbocycles. The number of nitrogens with zero attached hydrogens (tertiary/aromatic N) is 2. The van der Waals surface area contributed by atoms with Crippen molar-refractivity contribution in [3.8, 4) is 0 Å². The first-order valence-electron chi connectivity index (χ1n) is 9.52. The molecule has 0 atom stereocenters.